The van der Waals surface area contributed by atoms with Gasteiger partial charge in [0.2, 0.25) is 0 Å². The van der Waals surface area contributed by atoms with Crippen molar-refractivity contribution in [2.75, 3.05) is 0 Å². The van der Waals surface area contributed by atoms with Crippen molar-refractivity contribution in [2.24, 2.45) is 5.41 Å². The third-order valence-corrected chi connectivity index (χ3v) is 4.12. The van der Waals surface area contributed by atoms with Crippen LogP contribution in [0.3, 0.4) is 0 Å². The van der Waals surface area contributed by atoms with Crippen molar-refractivity contribution in [1.29, 1.82) is 0 Å². The van der Waals surface area contributed by atoms with Crippen LogP contribution < -0.4 is 0 Å². The molecule has 1 aromatic carbocycles. The van der Waals surface area contributed by atoms with Crippen LogP contribution in [0.25, 0.3) is 0 Å². The number of rotatable bonds is 1. The summed E-state index contributed by atoms with van der Waals surface area (Å²) < 4.78 is 6.01. The zero-order chi connectivity index (χ0) is 13.6. The number of ether oxygens (including phenoxy) is 1. The molecule has 0 aromatic heterocycles. The van der Waals surface area contributed by atoms with Crippen molar-refractivity contribution in [2.45, 2.75) is 39.2 Å². The van der Waals surface area contributed by atoms with Gasteiger partial charge in [0.05, 0.1) is 0 Å². The molecule has 3 heteroatoms. The molecule has 2 nitrogen and oxygen atoms in total. The van der Waals surface area contributed by atoms with Gasteiger partial charge in [-0.1, -0.05) is 37.6 Å². The second-order valence-electron chi connectivity index (χ2n) is 6.20. The lowest BCUT2D eigenvalue weighted by Crippen LogP contribution is -2.24. The molecule has 1 atom stereocenters. The fourth-order valence-electron chi connectivity index (χ4n) is 2.90. The van der Waals surface area contributed by atoms with Crippen LogP contribution in [-0.2, 0) is 9.53 Å². The highest BCUT2D eigenvalue weighted by Gasteiger charge is 2.39. The highest BCUT2D eigenvalue weighted by Crippen LogP contribution is 2.46. The van der Waals surface area contributed by atoms with Crippen LogP contribution in [-0.4, -0.2) is 5.78 Å². The molecule has 0 saturated heterocycles. The predicted molar refractivity (Wildman–Crippen MR) is 74.9 cm³/mol. The van der Waals surface area contributed by atoms with Gasteiger partial charge >= 0.3 is 0 Å². The van der Waals surface area contributed by atoms with E-state index in [2.05, 4.69) is 13.8 Å². The lowest BCUT2D eigenvalue weighted by Gasteiger charge is -2.28. The first-order valence-electron chi connectivity index (χ1n) is 6.62. The Bertz CT molecular complexity index is 555. The minimum absolute atomic E-state index is 0.0187. The summed E-state index contributed by atoms with van der Waals surface area (Å²) in [6.45, 7) is 4.24. The first-order valence-corrected chi connectivity index (χ1v) is 7.00. The maximum atomic E-state index is 12.2. The normalized spacial score (nSPS) is 25.2. The van der Waals surface area contributed by atoms with Crippen molar-refractivity contribution in [3.05, 3.63) is 46.2 Å². The Kier molecular flexibility index (Phi) is 2.94. The number of hydrogen-bond acceptors (Lipinski definition) is 2. The lowest BCUT2D eigenvalue weighted by molar-refractivity contribution is -0.118. The number of hydrogen-bond donors (Lipinski definition) is 0. The van der Waals surface area contributed by atoms with E-state index in [-0.39, 0.29) is 17.3 Å². The van der Waals surface area contributed by atoms with Crippen molar-refractivity contribution in [1.82, 2.24) is 0 Å². The van der Waals surface area contributed by atoms with E-state index in [1.807, 2.05) is 24.3 Å². The molecule has 3 rings (SSSR count). The number of carbonyl (C=O) groups excluding carboxylic acids is 1. The second-order valence-corrected chi connectivity index (χ2v) is 6.64. The maximum absolute atomic E-state index is 12.2. The number of allylic oxidation sites excluding steroid dienone is 1. The van der Waals surface area contributed by atoms with Gasteiger partial charge in [0.1, 0.15) is 11.9 Å². The number of halogens is 1. The Labute approximate surface area is 118 Å². The highest BCUT2D eigenvalue weighted by molar-refractivity contribution is 6.30. The van der Waals surface area contributed by atoms with Crippen LogP contribution in [0.4, 0.5) is 0 Å². The average molecular weight is 277 g/mol. The summed E-state index contributed by atoms with van der Waals surface area (Å²) >= 11 is 5.90. The van der Waals surface area contributed by atoms with Crippen LogP contribution in [0.5, 0.6) is 0 Å². The number of carbonyl (C=O) groups is 1. The first-order chi connectivity index (χ1) is 8.94. The maximum Gasteiger partial charge on any atom is 0.162 e. The Morgan fingerprint density at radius 3 is 2.58 bits per heavy atom. The molecular formula is C16H17ClO2. The van der Waals surface area contributed by atoms with Crippen molar-refractivity contribution < 1.29 is 9.53 Å². The summed E-state index contributed by atoms with van der Waals surface area (Å²) in [6, 6.07) is 7.68. The van der Waals surface area contributed by atoms with Crippen LogP contribution in [0, 0.1) is 5.41 Å². The van der Waals surface area contributed by atoms with Crippen LogP contribution in [0.1, 0.15) is 44.8 Å². The monoisotopic (exact) mass is 276 g/mol. The minimum atomic E-state index is -0.0277. The molecule has 1 heterocycles. The van der Waals surface area contributed by atoms with E-state index in [1.165, 1.54) is 0 Å². The van der Waals surface area contributed by atoms with Gasteiger partial charge < -0.3 is 4.74 Å². The summed E-state index contributed by atoms with van der Waals surface area (Å²) in [5.74, 6) is 1.16. The number of benzene rings is 1. The molecule has 0 saturated carbocycles. The topological polar surface area (TPSA) is 26.3 Å². The molecule has 19 heavy (non-hydrogen) atoms. The molecule has 0 amide bonds. The molecule has 0 spiro atoms. The van der Waals surface area contributed by atoms with E-state index in [0.29, 0.717) is 12.8 Å². The molecule has 2 aliphatic rings. The average Bonchev–Trinajstić information content (AvgIpc) is 2.72. The SMILES string of the molecule is CC1(C)CC(=O)C2=C(C1)OC(c1ccc(Cl)cc1)C2. The minimum Gasteiger partial charge on any atom is -0.489 e. The van der Waals surface area contributed by atoms with Gasteiger partial charge in [0.25, 0.3) is 0 Å². The molecule has 1 aromatic rings. The predicted octanol–water partition coefficient (Wildman–Crippen LogP) is 4.44. The largest absolute Gasteiger partial charge is 0.489 e. The van der Waals surface area contributed by atoms with Gasteiger partial charge in [-0.15, -0.1) is 0 Å². The highest BCUT2D eigenvalue weighted by atomic mass is 35.5. The third-order valence-electron chi connectivity index (χ3n) is 3.87. The second kappa shape index (κ2) is 4.38. The molecule has 0 N–H and O–H groups in total. The molecule has 1 unspecified atom stereocenters. The zero-order valence-electron chi connectivity index (χ0n) is 11.2. The van der Waals surface area contributed by atoms with E-state index in [0.717, 1.165) is 28.3 Å². The van der Waals surface area contributed by atoms with Gasteiger partial charge in [0, 0.05) is 29.9 Å². The Morgan fingerprint density at radius 2 is 1.89 bits per heavy atom. The van der Waals surface area contributed by atoms with Crippen LogP contribution >= 0.6 is 11.6 Å². The number of ketones is 1. The Morgan fingerprint density at radius 1 is 1.21 bits per heavy atom. The van der Waals surface area contributed by atoms with Crippen molar-refractivity contribution in [3.8, 4) is 0 Å². The molecule has 0 fully saturated rings. The van der Waals surface area contributed by atoms with Gasteiger partial charge in [0.15, 0.2) is 5.78 Å². The summed E-state index contributed by atoms with van der Waals surface area (Å²) in [5.41, 5.74) is 2.01. The molecule has 1 aliphatic carbocycles. The zero-order valence-corrected chi connectivity index (χ0v) is 12.0. The molecule has 0 bridgehead atoms. The summed E-state index contributed by atoms with van der Waals surface area (Å²) in [5, 5.41) is 0.719. The Balaban J connectivity index is 1.83. The molecular weight excluding hydrogens is 260 g/mol. The van der Waals surface area contributed by atoms with Gasteiger partial charge in [-0.3, -0.25) is 4.79 Å². The Hall–Kier alpha value is -1.28. The smallest absolute Gasteiger partial charge is 0.162 e. The molecule has 1 aliphatic heterocycles. The van der Waals surface area contributed by atoms with E-state index < -0.39 is 0 Å². The summed E-state index contributed by atoms with van der Waals surface area (Å²) in [6.07, 6.45) is 2.16. The first kappa shape index (κ1) is 12.7. The molecule has 100 valence electrons. The van der Waals surface area contributed by atoms with Gasteiger partial charge in [-0.2, -0.15) is 0 Å². The quantitative estimate of drug-likeness (QED) is 0.758. The number of Topliss-reactive ketones (excluding diaryl/α,β-unsaturated/α-hetero) is 1. The van der Waals surface area contributed by atoms with Gasteiger partial charge in [-0.05, 0) is 23.1 Å². The summed E-state index contributed by atoms with van der Waals surface area (Å²) in [7, 11) is 0. The van der Waals surface area contributed by atoms with Gasteiger partial charge in [-0.25, -0.2) is 0 Å². The lowest BCUT2D eigenvalue weighted by atomic mass is 9.76. The third kappa shape index (κ3) is 2.42. The van der Waals surface area contributed by atoms with E-state index >= 15 is 0 Å². The van der Waals surface area contributed by atoms with Crippen LogP contribution in [0.15, 0.2) is 35.6 Å². The van der Waals surface area contributed by atoms with Crippen molar-refractivity contribution >= 4 is 17.4 Å². The fraction of sp³-hybridized carbons (Fsp3) is 0.438. The van der Waals surface area contributed by atoms with Crippen LogP contribution in [0.2, 0.25) is 5.02 Å². The molecule has 0 radical (unpaired) electrons. The fourth-order valence-corrected chi connectivity index (χ4v) is 3.03. The summed E-state index contributed by atoms with van der Waals surface area (Å²) in [4.78, 5) is 12.2. The van der Waals surface area contributed by atoms with E-state index in [1.54, 1.807) is 0 Å². The standard InChI is InChI=1S/C16H17ClO2/c1-16(2)8-13(18)12-7-14(19-15(12)9-16)10-3-5-11(17)6-4-10/h3-6,14H,7-9H2,1-2H3. The van der Waals surface area contributed by atoms with Crippen molar-refractivity contribution in [3.63, 3.8) is 0 Å². The van der Waals surface area contributed by atoms with E-state index in [4.69, 9.17) is 16.3 Å². The van der Waals surface area contributed by atoms with E-state index in [9.17, 15) is 4.79 Å².